The Balaban J connectivity index is 0.000000139. The number of nitro benzene ring substituents is 1. The van der Waals surface area contributed by atoms with Crippen molar-refractivity contribution in [2.75, 3.05) is 178 Å². The first kappa shape index (κ1) is 76.7. The van der Waals surface area contributed by atoms with Crippen LogP contribution in [0.5, 0.6) is 17.2 Å². The molecule has 7 aromatic rings. The molecular formula is C85H107F2N15O8. The molecule has 3 fully saturated rings. The molecule has 0 spiro atoms. The topological polar surface area (TPSA) is 203 Å². The molecule has 16 rings (SSSR count). The highest BCUT2D eigenvalue weighted by molar-refractivity contribution is 5.92. The number of para-hydroxylation sites is 6. The number of rotatable bonds is 25. The van der Waals surface area contributed by atoms with Gasteiger partial charge in [-0.25, -0.2) is 8.78 Å². The number of piperazine rings is 3. The normalized spacial score (nSPS) is 19.7. The minimum absolute atomic E-state index is 0.0460. The molecule has 0 amide bonds. The third-order valence-corrected chi connectivity index (χ3v) is 21.7. The van der Waals surface area contributed by atoms with Crippen molar-refractivity contribution in [2.24, 2.45) is 15.5 Å². The van der Waals surface area contributed by atoms with Gasteiger partial charge < -0.3 is 69.2 Å². The summed E-state index contributed by atoms with van der Waals surface area (Å²) in [7, 11) is 0. The van der Waals surface area contributed by atoms with Gasteiger partial charge in [0.2, 0.25) is 0 Å². The van der Waals surface area contributed by atoms with Crippen LogP contribution in [0.25, 0.3) is 0 Å². The monoisotopic (exact) mass is 1500 g/mol. The van der Waals surface area contributed by atoms with E-state index in [1.807, 2.05) is 42.5 Å². The van der Waals surface area contributed by atoms with E-state index in [9.17, 15) is 18.9 Å². The van der Waals surface area contributed by atoms with Crippen LogP contribution < -0.4 is 54.7 Å². The average molecular weight is 1500 g/mol. The summed E-state index contributed by atoms with van der Waals surface area (Å²) in [5.41, 5.74) is 21.7. The molecule has 584 valence electrons. The molecule has 0 radical (unpaired) electrons. The Morgan fingerprint density at radius 2 is 0.818 bits per heavy atom. The Bertz CT molecular complexity index is 4370. The zero-order valence-corrected chi connectivity index (χ0v) is 64.5. The van der Waals surface area contributed by atoms with E-state index >= 15 is 0 Å². The molecule has 9 heterocycles. The Morgan fingerprint density at radius 3 is 1.21 bits per heavy atom. The second kappa shape index (κ2) is 35.7. The zero-order valence-electron chi connectivity index (χ0n) is 64.5. The molecule has 3 atom stereocenters. The van der Waals surface area contributed by atoms with Gasteiger partial charge in [0.1, 0.15) is 47.2 Å². The summed E-state index contributed by atoms with van der Waals surface area (Å²) in [6, 6.07) is 46.4. The van der Waals surface area contributed by atoms with Gasteiger partial charge in [0.25, 0.3) is 5.69 Å². The molecule has 7 aromatic carbocycles. The van der Waals surface area contributed by atoms with E-state index < -0.39 is 11.6 Å². The second-order valence-corrected chi connectivity index (χ2v) is 30.9. The highest BCUT2D eigenvalue weighted by atomic mass is 19.1. The smallest absolute Gasteiger partial charge is 0.271 e. The summed E-state index contributed by atoms with van der Waals surface area (Å²) >= 11 is 0. The number of ether oxygens (including phenoxy) is 3. The van der Waals surface area contributed by atoms with Crippen LogP contribution in [-0.2, 0) is 40.3 Å². The maximum absolute atomic E-state index is 14.1. The van der Waals surface area contributed by atoms with E-state index in [2.05, 4.69) is 179 Å². The third kappa shape index (κ3) is 19.5. The third-order valence-electron chi connectivity index (χ3n) is 21.7. The first-order valence-corrected chi connectivity index (χ1v) is 39.5. The minimum Gasteiger partial charge on any atom is -0.489 e. The standard InChI is InChI=1S/C33H39F2N5O2.C26H33N5O4.C26H35N5O2/c1-23(2)41-33-9-4-3-8-31(33)39-16-14-38(15-17-39)22-27-18-26(37-42-27)21-40-13-12-24-10-11-25(19-32(24)40)36-20-28-29(34)6-5-7-30(28)35;1-19(2)34-26-6-4-3-5-24(26)29-13-11-28(12-14-29)18-23-15-21(27-35-23)17-30-10-9-20-7-8-22(31(32)33)16-25(20)30;1-19(2)32-26-6-4-3-5-24(26)30-13-11-29(12-14-30)18-23-16-22(28-33-23)17-31-10-9-20-7-8-21(27)15-25(20)31/h3-11,19,23,27,36H,12-18,20-22H2,1-2H3;3-8,16,19,23H,9-15,17-18H2,1-2H3;3-8,15,19,23H,9-14,16-18,27H2,1-2H3. The maximum atomic E-state index is 14.1. The number of nitrogens with two attached hydrogens (primary N) is 1. The SMILES string of the molecule is CC(C)Oc1ccccc1N1CCN(CC2CC(CN3CCc4ccc(N)cc43)=NO2)CC1.CC(C)Oc1ccccc1N1CCN(CC2CC(CN3CCc4ccc(NCc5c(F)cccc5F)cc43)=NO2)CC1.CC(C)Oc1ccccc1N1CCN(CC2CC(CN3CCc4ccc([N+](=O)[O-])cc43)=NO2)CC1. The summed E-state index contributed by atoms with van der Waals surface area (Å²) in [4.78, 5) is 49.9. The van der Waals surface area contributed by atoms with E-state index in [1.165, 1.54) is 40.7 Å². The minimum atomic E-state index is -0.539. The van der Waals surface area contributed by atoms with E-state index in [-0.39, 0.29) is 59.3 Å². The highest BCUT2D eigenvalue weighted by Crippen LogP contribution is 2.38. The highest BCUT2D eigenvalue weighted by Gasteiger charge is 2.34. The average Bonchev–Trinajstić information content (AvgIpc) is 1.65. The van der Waals surface area contributed by atoms with Crippen LogP contribution >= 0.6 is 0 Å². The molecule has 9 aliphatic rings. The van der Waals surface area contributed by atoms with Gasteiger partial charge in [-0.15, -0.1) is 0 Å². The van der Waals surface area contributed by atoms with Gasteiger partial charge in [-0.3, -0.25) is 24.8 Å². The Morgan fingerprint density at radius 1 is 0.455 bits per heavy atom. The van der Waals surface area contributed by atoms with Gasteiger partial charge >= 0.3 is 0 Å². The Hall–Kier alpha value is -10.1. The number of nitrogens with zero attached hydrogens (tertiary/aromatic N) is 13. The van der Waals surface area contributed by atoms with Crippen molar-refractivity contribution in [1.82, 2.24) is 14.7 Å². The molecule has 9 aliphatic heterocycles. The van der Waals surface area contributed by atoms with Crippen molar-refractivity contribution in [3.63, 3.8) is 0 Å². The van der Waals surface area contributed by atoms with Gasteiger partial charge in [0.15, 0.2) is 0 Å². The van der Waals surface area contributed by atoms with Gasteiger partial charge in [-0.1, -0.05) is 76.1 Å². The maximum Gasteiger partial charge on any atom is 0.271 e. The summed E-state index contributed by atoms with van der Waals surface area (Å²) in [6.45, 7) is 31.8. The summed E-state index contributed by atoms with van der Waals surface area (Å²) in [5, 5.41) is 27.6. The van der Waals surface area contributed by atoms with Gasteiger partial charge in [-0.2, -0.15) is 0 Å². The lowest BCUT2D eigenvalue weighted by Crippen LogP contribution is -2.48. The number of fused-ring (bicyclic) bond motifs is 3. The Labute approximate surface area is 645 Å². The van der Waals surface area contributed by atoms with Crippen LogP contribution in [0, 0.1) is 21.7 Å². The van der Waals surface area contributed by atoms with Crippen LogP contribution in [-0.4, -0.2) is 211 Å². The second-order valence-electron chi connectivity index (χ2n) is 30.9. The Kier molecular flexibility index (Phi) is 24.9. The fourth-order valence-corrected chi connectivity index (χ4v) is 16.2. The number of nitrogens with one attached hydrogen (secondary N) is 1. The fourth-order valence-electron chi connectivity index (χ4n) is 16.2. The number of hydrogen-bond acceptors (Lipinski definition) is 22. The van der Waals surface area contributed by atoms with Crippen molar-refractivity contribution in [3.8, 4) is 17.2 Å². The van der Waals surface area contributed by atoms with Gasteiger partial charge in [0.05, 0.1) is 77.1 Å². The number of oxime groups is 3. The van der Waals surface area contributed by atoms with Crippen LogP contribution in [0.3, 0.4) is 0 Å². The molecule has 0 aliphatic carbocycles. The van der Waals surface area contributed by atoms with Crippen molar-refractivity contribution in [2.45, 2.75) is 123 Å². The van der Waals surface area contributed by atoms with Gasteiger partial charge in [0, 0.05) is 190 Å². The van der Waals surface area contributed by atoms with E-state index in [4.69, 9.17) is 34.5 Å². The number of anilines is 8. The van der Waals surface area contributed by atoms with Crippen LogP contribution in [0.2, 0.25) is 0 Å². The molecular weight excluding hydrogens is 1400 g/mol. The molecule has 0 aromatic heterocycles. The van der Waals surface area contributed by atoms with Gasteiger partial charge in [-0.05, 0) is 150 Å². The van der Waals surface area contributed by atoms with E-state index in [0.29, 0.717) is 6.54 Å². The lowest BCUT2D eigenvalue weighted by Gasteiger charge is -2.37. The van der Waals surface area contributed by atoms with Crippen molar-refractivity contribution >= 4 is 68.3 Å². The lowest BCUT2D eigenvalue weighted by molar-refractivity contribution is -0.384. The fraction of sp³-hybridized carbons (Fsp3) is 0.471. The largest absolute Gasteiger partial charge is 0.489 e. The molecule has 0 saturated carbocycles. The first-order chi connectivity index (χ1) is 53.4. The predicted octanol–water partition coefficient (Wildman–Crippen LogP) is 12.8. The first-order valence-electron chi connectivity index (χ1n) is 39.5. The zero-order chi connectivity index (χ0) is 76.2. The summed E-state index contributed by atoms with van der Waals surface area (Å²) < 4.78 is 46.2. The van der Waals surface area contributed by atoms with Crippen molar-refractivity contribution < 1.29 is 42.4 Å². The molecule has 23 nitrogen and oxygen atoms in total. The number of halogens is 2. The molecule has 3 N–H and O–H groups in total. The number of non-ortho nitro benzene ring substituents is 1. The number of benzene rings is 7. The number of nitro groups is 1. The van der Waals surface area contributed by atoms with Crippen molar-refractivity contribution in [1.29, 1.82) is 0 Å². The molecule has 0 bridgehead atoms. The predicted molar refractivity (Wildman–Crippen MR) is 435 cm³/mol. The van der Waals surface area contributed by atoms with E-state index in [0.717, 1.165) is 243 Å². The van der Waals surface area contributed by atoms with Crippen molar-refractivity contribution in [3.05, 3.63) is 190 Å². The van der Waals surface area contributed by atoms with Crippen LogP contribution in [0.15, 0.2) is 161 Å². The number of hydrogen-bond donors (Lipinski definition) is 2. The molecule has 110 heavy (non-hydrogen) atoms. The summed E-state index contributed by atoms with van der Waals surface area (Å²) in [5.74, 6) is 1.79. The number of nitrogen functional groups attached to an aromatic ring is 1. The van der Waals surface area contributed by atoms with Crippen LogP contribution in [0.1, 0.15) is 83.1 Å². The molecule has 3 unspecified atom stereocenters. The molecule has 25 heteroatoms. The van der Waals surface area contributed by atoms with Crippen LogP contribution in [0.4, 0.5) is 60.0 Å². The van der Waals surface area contributed by atoms with E-state index in [1.54, 1.807) is 12.1 Å². The summed E-state index contributed by atoms with van der Waals surface area (Å²) in [6.07, 6.45) is 6.19. The molecule has 3 saturated heterocycles. The quantitative estimate of drug-likeness (QED) is 0.0310. The lowest BCUT2D eigenvalue weighted by atomic mass is 10.1.